The maximum Gasteiger partial charge on any atom is 0.433 e. The predicted molar refractivity (Wildman–Crippen MR) is 73.9 cm³/mol. The number of likely N-dealkylation sites (tertiary alicyclic amines) is 1. The number of nitrogens with zero attached hydrogens (tertiary/aromatic N) is 2. The summed E-state index contributed by atoms with van der Waals surface area (Å²) < 4.78 is 10.6. The van der Waals surface area contributed by atoms with Crippen molar-refractivity contribution in [3.63, 3.8) is 0 Å². The molecule has 1 amide bonds. The van der Waals surface area contributed by atoms with Crippen molar-refractivity contribution in [1.82, 2.24) is 4.90 Å². The lowest BCUT2D eigenvalue weighted by Crippen LogP contribution is -2.40. The van der Waals surface area contributed by atoms with Crippen molar-refractivity contribution in [2.45, 2.75) is 25.4 Å². The van der Waals surface area contributed by atoms with Gasteiger partial charge in [-0.2, -0.15) is 0 Å². The number of nitrogens with two attached hydrogens (primary N) is 1. The highest BCUT2D eigenvalue weighted by Gasteiger charge is 2.27. The van der Waals surface area contributed by atoms with Gasteiger partial charge < -0.3 is 19.8 Å². The van der Waals surface area contributed by atoms with Crippen molar-refractivity contribution < 1.29 is 18.9 Å². The molecule has 0 aliphatic carbocycles. The number of piperidine rings is 1. The molecule has 0 aromatic carbocycles. The zero-order chi connectivity index (χ0) is 15.2. The van der Waals surface area contributed by atoms with Crippen molar-refractivity contribution in [3.8, 4) is 0 Å². The third-order valence-electron chi connectivity index (χ3n) is 3.41. The van der Waals surface area contributed by atoms with Crippen molar-refractivity contribution in [1.29, 1.82) is 0 Å². The van der Waals surface area contributed by atoms with Gasteiger partial charge in [-0.05, 0) is 31.9 Å². The average molecular weight is 297 g/mol. The van der Waals surface area contributed by atoms with Gasteiger partial charge in [0.2, 0.25) is 0 Å². The van der Waals surface area contributed by atoms with E-state index in [2.05, 4.69) is 0 Å². The van der Waals surface area contributed by atoms with E-state index in [-0.39, 0.29) is 17.8 Å². The van der Waals surface area contributed by atoms with Crippen LogP contribution in [-0.4, -0.2) is 48.1 Å². The number of hydrogen-bond donors (Lipinski definition) is 1. The SMILES string of the molecule is NCCCOC1CCN(C(=O)c2ccc([N+](=O)[O-])o2)CC1. The summed E-state index contributed by atoms with van der Waals surface area (Å²) in [5.74, 6) is -0.730. The van der Waals surface area contributed by atoms with E-state index >= 15 is 0 Å². The number of carbonyl (C=O) groups excluding carboxylic acids is 1. The topological polar surface area (TPSA) is 112 Å². The number of rotatable bonds is 6. The number of amides is 1. The Morgan fingerprint density at radius 1 is 1.48 bits per heavy atom. The molecule has 21 heavy (non-hydrogen) atoms. The molecule has 0 atom stereocenters. The van der Waals surface area contributed by atoms with Gasteiger partial charge in [0.1, 0.15) is 4.92 Å². The summed E-state index contributed by atoms with van der Waals surface area (Å²) in [6.07, 6.45) is 2.47. The molecule has 8 heteroatoms. The zero-order valence-electron chi connectivity index (χ0n) is 11.7. The Labute approximate surface area is 122 Å². The van der Waals surface area contributed by atoms with E-state index in [0.29, 0.717) is 26.2 Å². The van der Waals surface area contributed by atoms with Crippen LogP contribution in [0.25, 0.3) is 0 Å². The molecule has 0 unspecified atom stereocenters. The van der Waals surface area contributed by atoms with Crippen LogP contribution in [0.15, 0.2) is 16.5 Å². The first-order valence-corrected chi connectivity index (χ1v) is 6.97. The minimum atomic E-state index is -0.658. The maximum absolute atomic E-state index is 12.2. The van der Waals surface area contributed by atoms with E-state index in [1.165, 1.54) is 12.1 Å². The Balaban J connectivity index is 1.83. The molecule has 1 fully saturated rings. The monoisotopic (exact) mass is 297 g/mol. The minimum absolute atomic E-state index is 0.00389. The van der Waals surface area contributed by atoms with Crippen LogP contribution >= 0.6 is 0 Å². The molecule has 8 nitrogen and oxygen atoms in total. The van der Waals surface area contributed by atoms with Crippen LogP contribution in [0.1, 0.15) is 29.8 Å². The fourth-order valence-corrected chi connectivity index (χ4v) is 2.26. The van der Waals surface area contributed by atoms with Gasteiger partial charge >= 0.3 is 5.88 Å². The van der Waals surface area contributed by atoms with Gasteiger partial charge in [0.05, 0.1) is 12.2 Å². The number of ether oxygens (including phenoxy) is 1. The van der Waals surface area contributed by atoms with Crippen LogP contribution in [0.4, 0.5) is 5.88 Å². The second kappa shape index (κ2) is 7.19. The smallest absolute Gasteiger partial charge is 0.395 e. The van der Waals surface area contributed by atoms with Gasteiger partial charge in [0, 0.05) is 19.7 Å². The van der Waals surface area contributed by atoms with Crippen molar-refractivity contribution >= 4 is 11.8 Å². The molecule has 0 spiro atoms. The van der Waals surface area contributed by atoms with E-state index < -0.39 is 10.8 Å². The Morgan fingerprint density at radius 2 is 2.19 bits per heavy atom. The highest BCUT2D eigenvalue weighted by atomic mass is 16.6. The first kappa shape index (κ1) is 15.5. The van der Waals surface area contributed by atoms with Crippen LogP contribution in [-0.2, 0) is 4.74 Å². The van der Waals surface area contributed by atoms with Crippen molar-refractivity contribution in [3.05, 3.63) is 28.0 Å². The molecular formula is C13H19N3O5. The third-order valence-corrected chi connectivity index (χ3v) is 3.41. The van der Waals surface area contributed by atoms with Gasteiger partial charge in [-0.15, -0.1) is 0 Å². The summed E-state index contributed by atoms with van der Waals surface area (Å²) in [7, 11) is 0. The van der Waals surface area contributed by atoms with E-state index in [1.54, 1.807) is 4.90 Å². The second-order valence-electron chi connectivity index (χ2n) is 4.90. The molecule has 1 aliphatic heterocycles. The predicted octanol–water partition coefficient (Wildman–Crippen LogP) is 1.16. The third kappa shape index (κ3) is 4.02. The molecule has 2 N–H and O–H groups in total. The lowest BCUT2D eigenvalue weighted by atomic mass is 10.1. The average Bonchev–Trinajstić information content (AvgIpc) is 2.97. The molecule has 1 aliphatic rings. The fourth-order valence-electron chi connectivity index (χ4n) is 2.26. The lowest BCUT2D eigenvalue weighted by molar-refractivity contribution is -0.402. The number of furan rings is 1. The van der Waals surface area contributed by atoms with Crippen LogP contribution in [0.5, 0.6) is 0 Å². The second-order valence-corrected chi connectivity index (χ2v) is 4.90. The Hall–Kier alpha value is -1.93. The molecule has 0 saturated carbocycles. The Kier molecular flexibility index (Phi) is 5.29. The standard InChI is InChI=1S/C13H19N3O5/c14-6-1-9-20-10-4-7-15(8-5-10)13(17)11-2-3-12(21-11)16(18)19/h2-3,10H,1,4-9,14H2. The van der Waals surface area contributed by atoms with Gasteiger partial charge in [-0.25, -0.2) is 0 Å². The van der Waals surface area contributed by atoms with Crippen LogP contribution in [0.3, 0.4) is 0 Å². The van der Waals surface area contributed by atoms with Crippen LogP contribution in [0.2, 0.25) is 0 Å². The minimum Gasteiger partial charge on any atom is -0.395 e. The van der Waals surface area contributed by atoms with Gasteiger partial charge in [0.15, 0.2) is 5.76 Å². The molecule has 2 heterocycles. The highest BCUT2D eigenvalue weighted by molar-refractivity contribution is 5.91. The van der Waals surface area contributed by atoms with Gasteiger partial charge in [-0.1, -0.05) is 0 Å². The van der Waals surface area contributed by atoms with E-state index in [4.69, 9.17) is 14.9 Å². The molecular weight excluding hydrogens is 278 g/mol. The van der Waals surface area contributed by atoms with Gasteiger partial charge in [0.25, 0.3) is 5.91 Å². The van der Waals surface area contributed by atoms with E-state index in [9.17, 15) is 14.9 Å². The zero-order valence-corrected chi connectivity index (χ0v) is 11.7. The lowest BCUT2D eigenvalue weighted by Gasteiger charge is -2.31. The first-order chi connectivity index (χ1) is 10.1. The summed E-state index contributed by atoms with van der Waals surface area (Å²) in [5, 5.41) is 10.5. The first-order valence-electron chi connectivity index (χ1n) is 6.97. The quantitative estimate of drug-likeness (QED) is 0.479. The molecule has 1 saturated heterocycles. The molecule has 116 valence electrons. The Morgan fingerprint density at radius 3 is 2.76 bits per heavy atom. The highest BCUT2D eigenvalue weighted by Crippen LogP contribution is 2.20. The maximum atomic E-state index is 12.2. The molecule has 1 aromatic rings. The summed E-state index contributed by atoms with van der Waals surface area (Å²) >= 11 is 0. The number of hydrogen-bond acceptors (Lipinski definition) is 6. The normalized spacial score (nSPS) is 16.1. The fraction of sp³-hybridized carbons (Fsp3) is 0.615. The van der Waals surface area contributed by atoms with Crippen molar-refractivity contribution in [2.75, 3.05) is 26.2 Å². The van der Waals surface area contributed by atoms with Gasteiger partial charge in [-0.3, -0.25) is 14.9 Å². The number of nitro groups is 1. The summed E-state index contributed by atoms with van der Waals surface area (Å²) in [4.78, 5) is 23.7. The molecule has 2 rings (SSSR count). The van der Waals surface area contributed by atoms with Crippen LogP contribution in [0, 0.1) is 10.1 Å². The van der Waals surface area contributed by atoms with E-state index in [0.717, 1.165) is 19.3 Å². The van der Waals surface area contributed by atoms with E-state index in [1.807, 2.05) is 0 Å². The molecule has 0 bridgehead atoms. The van der Waals surface area contributed by atoms with Crippen molar-refractivity contribution in [2.24, 2.45) is 5.73 Å². The summed E-state index contributed by atoms with van der Waals surface area (Å²) in [6, 6.07) is 2.53. The molecule has 1 aromatic heterocycles. The summed E-state index contributed by atoms with van der Waals surface area (Å²) in [5.41, 5.74) is 5.40. The number of carbonyl (C=O) groups is 1. The summed E-state index contributed by atoms with van der Waals surface area (Å²) in [6.45, 7) is 2.36. The molecule has 0 radical (unpaired) electrons. The largest absolute Gasteiger partial charge is 0.433 e. The Bertz CT molecular complexity index is 494. The van der Waals surface area contributed by atoms with Crippen LogP contribution < -0.4 is 5.73 Å².